The van der Waals surface area contributed by atoms with Crippen LogP contribution in [-0.2, 0) is 11.3 Å². The average Bonchev–Trinajstić information content (AvgIpc) is 2.67. The van der Waals surface area contributed by atoms with E-state index < -0.39 is 0 Å². The third-order valence-electron chi connectivity index (χ3n) is 2.05. The minimum absolute atomic E-state index is 0.0569. The lowest BCUT2D eigenvalue weighted by atomic mass is 10.1. The largest absolute Gasteiger partial charge is 0.337 e. The first-order valence-electron chi connectivity index (χ1n) is 4.75. The van der Waals surface area contributed by atoms with Gasteiger partial charge in [-0.1, -0.05) is 29.8 Å². The zero-order valence-electron chi connectivity index (χ0n) is 9.07. The third kappa shape index (κ3) is 3.30. The molecule has 1 heterocycles. The fraction of sp³-hybridized carbons (Fsp3) is 0.667. The number of aromatic nitrogens is 3. The van der Waals surface area contributed by atoms with Gasteiger partial charge in [0.15, 0.2) is 0 Å². The molecule has 1 aromatic rings. The Bertz CT molecular complexity index is 312. The summed E-state index contributed by atoms with van der Waals surface area (Å²) in [5.74, 6) is 1.02. The molecule has 0 bridgehead atoms. The summed E-state index contributed by atoms with van der Waals surface area (Å²) in [6.07, 6.45) is 1.43. The number of alkyl halides is 1. The van der Waals surface area contributed by atoms with E-state index in [1.165, 1.54) is 6.33 Å². The van der Waals surface area contributed by atoms with Crippen molar-refractivity contribution >= 4 is 21.8 Å². The van der Waals surface area contributed by atoms with E-state index in [1.807, 2.05) is 13.8 Å². The zero-order chi connectivity index (χ0) is 11.4. The van der Waals surface area contributed by atoms with Gasteiger partial charge < -0.3 is 4.90 Å². The number of aromatic amines is 1. The Labute approximate surface area is 97.4 Å². The summed E-state index contributed by atoms with van der Waals surface area (Å²) in [6, 6.07) is 0. The molecule has 0 saturated carbocycles. The molecule has 0 aliphatic rings. The van der Waals surface area contributed by atoms with Crippen molar-refractivity contribution in [1.82, 2.24) is 20.1 Å². The molecular formula is C9H15BrN4O. The van der Waals surface area contributed by atoms with Crippen LogP contribution in [0.25, 0.3) is 0 Å². The van der Waals surface area contributed by atoms with Crippen molar-refractivity contribution in [3.05, 3.63) is 12.2 Å². The Kier molecular flexibility index (Phi) is 4.26. The van der Waals surface area contributed by atoms with Crippen LogP contribution in [0, 0.1) is 5.92 Å². The standard InChI is InChI=1S/C9H15BrN4O/c1-6(2)8(10)9(15)14(3)4-7-11-5-12-13-7/h5-6,8H,4H2,1-3H3,(H,11,12,13). The van der Waals surface area contributed by atoms with Crippen molar-refractivity contribution in [3.8, 4) is 0 Å². The van der Waals surface area contributed by atoms with Gasteiger partial charge in [-0.2, -0.15) is 5.10 Å². The average molecular weight is 275 g/mol. The van der Waals surface area contributed by atoms with Gasteiger partial charge >= 0.3 is 0 Å². The highest BCUT2D eigenvalue weighted by Gasteiger charge is 2.22. The summed E-state index contributed by atoms with van der Waals surface area (Å²) in [5, 5.41) is 6.45. The minimum Gasteiger partial charge on any atom is -0.337 e. The molecule has 0 spiro atoms. The molecule has 5 nitrogen and oxygen atoms in total. The molecular weight excluding hydrogens is 260 g/mol. The van der Waals surface area contributed by atoms with Crippen molar-refractivity contribution < 1.29 is 4.79 Å². The number of amides is 1. The van der Waals surface area contributed by atoms with Gasteiger partial charge in [0.1, 0.15) is 12.2 Å². The molecule has 0 aliphatic carbocycles. The number of halogens is 1. The van der Waals surface area contributed by atoms with Gasteiger partial charge in [-0.05, 0) is 5.92 Å². The van der Waals surface area contributed by atoms with E-state index in [-0.39, 0.29) is 16.7 Å². The molecule has 6 heteroatoms. The van der Waals surface area contributed by atoms with Crippen LogP contribution in [0.3, 0.4) is 0 Å². The number of H-pyrrole nitrogens is 1. The monoisotopic (exact) mass is 274 g/mol. The molecule has 15 heavy (non-hydrogen) atoms. The van der Waals surface area contributed by atoms with Gasteiger partial charge in [0, 0.05) is 7.05 Å². The fourth-order valence-electron chi connectivity index (χ4n) is 1.11. The molecule has 1 atom stereocenters. The van der Waals surface area contributed by atoms with Crippen LogP contribution in [-0.4, -0.2) is 37.9 Å². The summed E-state index contributed by atoms with van der Waals surface area (Å²) < 4.78 is 0. The lowest BCUT2D eigenvalue weighted by Crippen LogP contribution is -2.35. The normalized spacial score (nSPS) is 12.9. The van der Waals surface area contributed by atoms with Crippen molar-refractivity contribution in [1.29, 1.82) is 0 Å². The third-order valence-corrected chi connectivity index (χ3v) is 3.50. The van der Waals surface area contributed by atoms with E-state index in [1.54, 1.807) is 11.9 Å². The maximum absolute atomic E-state index is 11.8. The maximum Gasteiger partial charge on any atom is 0.236 e. The van der Waals surface area contributed by atoms with E-state index in [9.17, 15) is 4.79 Å². The van der Waals surface area contributed by atoms with E-state index in [0.29, 0.717) is 12.4 Å². The second-order valence-electron chi connectivity index (χ2n) is 3.77. The molecule has 0 fully saturated rings. The van der Waals surface area contributed by atoms with E-state index in [0.717, 1.165) is 0 Å². The van der Waals surface area contributed by atoms with Gasteiger partial charge in [-0.15, -0.1) is 0 Å². The van der Waals surface area contributed by atoms with E-state index >= 15 is 0 Å². The highest BCUT2D eigenvalue weighted by atomic mass is 79.9. The SMILES string of the molecule is CC(C)C(Br)C(=O)N(C)Cc1ncn[nH]1. The Hall–Kier alpha value is -0.910. The van der Waals surface area contributed by atoms with Gasteiger partial charge in [-0.3, -0.25) is 9.89 Å². The number of carbonyl (C=O) groups is 1. The van der Waals surface area contributed by atoms with Crippen LogP contribution in [0.15, 0.2) is 6.33 Å². The molecule has 0 saturated heterocycles. The smallest absolute Gasteiger partial charge is 0.236 e. The van der Waals surface area contributed by atoms with Crippen LogP contribution < -0.4 is 0 Å². The summed E-state index contributed by atoms with van der Waals surface area (Å²) in [4.78, 5) is 17.3. The van der Waals surface area contributed by atoms with Crippen molar-refractivity contribution in [3.63, 3.8) is 0 Å². The molecule has 0 aliphatic heterocycles. The molecule has 1 N–H and O–H groups in total. The van der Waals surface area contributed by atoms with Gasteiger partial charge in [0.05, 0.1) is 11.4 Å². The number of nitrogens with zero attached hydrogens (tertiary/aromatic N) is 3. The maximum atomic E-state index is 11.8. The van der Waals surface area contributed by atoms with Gasteiger partial charge in [0.2, 0.25) is 5.91 Å². The van der Waals surface area contributed by atoms with Crippen LogP contribution in [0.5, 0.6) is 0 Å². The van der Waals surface area contributed by atoms with Gasteiger partial charge in [-0.25, -0.2) is 4.98 Å². The quantitative estimate of drug-likeness (QED) is 0.839. The second kappa shape index (κ2) is 5.25. The molecule has 0 aromatic carbocycles. The van der Waals surface area contributed by atoms with Crippen molar-refractivity contribution in [2.75, 3.05) is 7.05 Å². The number of hydrogen-bond donors (Lipinski definition) is 1. The number of nitrogens with one attached hydrogen (secondary N) is 1. The van der Waals surface area contributed by atoms with Gasteiger partial charge in [0.25, 0.3) is 0 Å². The predicted octanol–water partition coefficient (Wildman–Crippen LogP) is 1.18. The van der Waals surface area contributed by atoms with Crippen LogP contribution in [0.4, 0.5) is 0 Å². The lowest BCUT2D eigenvalue weighted by Gasteiger charge is -2.21. The topological polar surface area (TPSA) is 61.9 Å². The lowest BCUT2D eigenvalue weighted by molar-refractivity contribution is -0.130. The number of carbonyl (C=O) groups excluding carboxylic acids is 1. The summed E-state index contributed by atoms with van der Waals surface area (Å²) in [6.45, 7) is 4.45. The summed E-state index contributed by atoms with van der Waals surface area (Å²) in [5.41, 5.74) is 0. The summed E-state index contributed by atoms with van der Waals surface area (Å²) >= 11 is 3.37. The Balaban J connectivity index is 2.54. The van der Waals surface area contributed by atoms with Crippen molar-refractivity contribution in [2.24, 2.45) is 5.92 Å². The molecule has 84 valence electrons. The van der Waals surface area contributed by atoms with Crippen molar-refractivity contribution in [2.45, 2.75) is 25.2 Å². The molecule has 1 unspecified atom stereocenters. The Morgan fingerprint density at radius 1 is 1.67 bits per heavy atom. The Morgan fingerprint density at radius 3 is 2.80 bits per heavy atom. The fourth-order valence-corrected chi connectivity index (χ4v) is 1.45. The number of rotatable bonds is 4. The highest BCUT2D eigenvalue weighted by Crippen LogP contribution is 2.15. The molecule has 1 aromatic heterocycles. The van der Waals surface area contributed by atoms with E-state index in [4.69, 9.17) is 0 Å². The Morgan fingerprint density at radius 2 is 2.33 bits per heavy atom. The zero-order valence-corrected chi connectivity index (χ0v) is 10.7. The second-order valence-corrected chi connectivity index (χ2v) is 4.76. The van der Waals surface area contributed by atoms with Crippen LogP contribution >= 0.6 is 15.9 Å². The number of hydrogen-bond acceptors (Lipinski definition) is 3. The first kappa shape index (κ1) is 12.2. The predicted molar refractivity (Wildman–Crippen MR) is 60.4 cm³/mol. The molecule has 0 radical (unpaired) electrons. The minimum atomic E-state index is -0.148. The summed E-state index contributed by atoms with van der Waals surface area (Å²) in [7, 11) is 1.75. The van der Waals surface area contributed by atoms with E-state index in [2.05, 4.69) is 31.1 Å². The van der Waals surface area contributed by atoms with Crippen LogP contribution in [0.2, 0.25) is 0 Å². The van der Waals surface area contributed by atoms with Crippen LogP contribution in [0.1, 0.15) is 19.7 Å². The molecule has 1 amide bonds. The first-order valence-corrected chi connectivity index (χ1v) is 5.67. The molecule has 1 rings (SSSR count). The highest BCUT2D eigenvalue weighted by molar-refractivity contribution is 9.10. The first-order chi connectivity index (χ1) is 7.02.